The third kappa shape index (κ3) is 9.19. The molecule has 0 spiro atoms. The van der Waals surface area contributed by atoms with E-state index in [0.717, 1.165) is 17.4 Å². The highest BCUT2D eigenvalue weighted by Crippen LogP contribution is 1.95. The molecule has 0 aliphatic carbocycles. The van der Waals surface area contributed by atoms with Gasteiger partial charge in [-0.3, -0.25) is 4.79 Å². The molecule has 3 aromatic carbocycles. The second-order valence-corrected chi connectivity index (χ2v) is 5.98. The van der Waals surface area contributed by atoms with Crippen molar-refractivity contribution in [2.24, 2.45) is 0 Å². The Morgan fingerprint density at radius 1 is 0.739 bits per heavy atom. The first-order valence-electron chi connectivity index (χ1n) is 7.43. The second-order valence-electron chi connectivity index (χ2n) is 4.83. The van der Waals surface area contributed by atoms with Crippen LogP contribution in [-0.4, -0.2) is 21.6 Å². The minimum Gasteiger partial charge on any atom is -0.392 e. The number of aliphatic hydroxyl groups is 1. The summed E-state index contributed by atoms with van der Waals surface area (Å²) in [5.41, 5.74) is 1.69. The van der Waals surface area contributed by atoms with Crippen LogP contribution in [0.25, 0.3) is 0 Å². The third-order valence-corrected chi connectivity index (χ3v) is 3.57. The maximum absolute atomic E-state index is 10.0. The monoisotopic (exact) mass is 322 g/mol. The fraction of sp³-hybridized carbons (Fsp3) is 0.0500. The zero-order chi connectivity index (χ0) is 16.8. The summed E-state index contributed by atoms with van der Waals surface area (Å²) in [4.78, 5) is 10.0. The number of aliphatic hydroxyl groups excluding tert-OH is 1. The van der Waals surface area contributed by atoms with Crippen LogP contribution in [0, 0.1) is 0 Å². The first-order chi connectivity index (χ1) is 11.3. The lowest BCUT2D eigenvalue weighted by Crippen LogP contribution is -1.97. The van der Waals surface area contributed by atoms with Crippen molar-refractivity contribution in [2.45, 2.75) is 6.61 Å². The van der Waals surface area contributed by atoms with Gasteiger partial charge in [-0.15, -0.1) is 0 Å². The highest BCUT2D eigenvalue weighted by Gasteiger charge is 1.81. The molecular weight excluding hydrogens is 300 g/mol. The van der Waals surface area contributed by atoms with Crippen LogP contribution >= 0.6 is 0 Å². The molecule has 0 aliphatic heterocycles. The number of hydrogen-bond acceptors (Lipinski definition) is 2. The topological polar surface area (TPSA) is 37.3 Å². The molecule has 0 bridgehead atoms. The van der Waals surface area contributed by atoms with Gasteiger partial charge in [-0.25, -0.2) is 0 Å². The average Bonchev–Trinajstić information content (AvgIpc) is 2.65. The van der Waals surface area contributed by atoms with Gasteiger partial charge in [0.1, 0.15) is 6.29 Å². The van der Waals surface area contributed by atoms with Crippen LogP contribution in [0.15, 0.2) is 91.0 Å². The molecule has 3 aromatic rings. The van der Waals surface area contributed by atoms with Gasteiger partial charge in [0, 0.05) is 15.8 Å². The van der Waals surface area contributed by atoms with Gasteiger partial charge in [-0.1, -0.05) is 96.2 Å². The van der Waals surface area contributed by atoms with E-state index >= 15 is 0 Å². The normalized spacial score (nSPS) is 8.91. The summed E-state index contributed by atoms with van der Waals surface area (Å²) < 4.78 is 0. The van der Waals surface area contributed by atoms with Crippen molar-refractivity contribution in [1.29, 1.82) is 0 Å². The van der Waals surface area contributed by atoms with Crippen molar-refractivity contribution < 1.29 is 9.90 Å². The van der Waals surface area contributed by atoms with Crippen LogP contribution in [0.1, 0.15) is 15.9 Å². The van der Waals surface area contributed by atoms with Gasteiger partial charge in [-0.05, 0) is 5.56 Å². The summed E-state index contributed by atoms with van der Waals surface area (Å²) in [6.07, 6.45) is 0.833. The highest BCUT2D eigenvalue weighted by molar-refractivity contribution is 6.32. The molecule has 1 N–H and O–H groups in total. The van der Waals surface area contributed by atoms with E-state index in [2.05, 4.69) is 24.3 Å². The van der Waals surface area contributed by atoms with Crippen molar-refractivity contribution in [3.8, 4) is 0 Å². The molecule has 0 heterocycles. The number of hydrogen-bond donors (Lipinski definition) is 1. The van der Waals surface area contributed by atoms with Crippen molar-refractivity contribution in [2.75, 3.05) is 0 Å². The van der Waals surface area contributed by atoms with Gasteiger partial charge < -0.3 is 5.11 Å². The number of aldehydes is 1. The molecule has 0 amide bonds. The summed E-state index contributed by atoms with van der Waals surface area (Å²) in [5.74, 6) is 0. The molecular formula is C20H22O2Si. The number of rotatable bonds is 2. The van der Waals surface area contributed by atoms with Crippen LogP contribution in [-0.2, 0) is 6.61 Å². The molecule has 3 rings (SSSR count). The molecule has 118 valence electrons. The van der Waals surface area contributed by atoms with Gasteiger partial charge in [-0.2, -0.15) is 0 Å². The number of carbonyl (C=O) groups excluding carboxylic acids is 1. The van der Waals surface area contributed by atoms with Gasteiger partial charge in [0.15, 0.2) is 0 Å². The van der Waals surface area contributed by atoms with Crippen molar-refractivity contribution in [1.82, 2.24) is 0 Å². The Hall–Kier alpha value is -2.49. The largest absolute Gasteiger partial charge is 0.392 e. The van der Waals surface area contributed by atoms with Gasteiger partial charge in [0.2, 0.25) is 0 Å². The van der Waals surface area contributed by atoms with Gasteiger partial charge in [0.25, 0.3) is 0 Å². The Labute approximate surface area is 140 Å². The smallest absolute Gasteiger partial charge is 0.150 e. The lowest BCUT2D eigenvalue weighted by molar-refractivity contribution is 0.112. The second kappa shape index (κ2) is 12.1. The Kier molecular flexibility index (Phi) is 9.75. The summed E-state index contributed by atoms with van der Waals surface area (Å²) >= 11 is 0. The van der Waals surface area contributed by atoms with E-state index in [1.54, 1.807) is 12.1 Å². The summed E-state index contributed by atoms with van der Waals surface area (Å²) in [7, 11) is 1.17. The summed E-state index contributed by atoms with van der Waals surface area (Å²) in [6, 6.07) is 29.1. The Morgan fingerprint density at radius 3 is 1.43 bits per heavy atom. The molecule has 0 fully saturated rings. The minimum atomic E-state index is 0.140. The lowest BCUT2D eigenvalue weighted by Gasteiger charge is -1.89. The maximum Gasteiger partial charge on any atom is 0.150 e. The number of benzene rings is 3. The van der Waals surface area contributed by atoms with E-state index in [9.17, 15) is 4.79 Å². The highest BCUT2D eigenvalue weighted by atomic mass is 28.1. The predicted molar refractivity (Wildman–Crippen MR) is 100 cm³/mol. The molecule has 0 radical (unpaired) electrons. The summed E-state index contributed by atoms with van der Waals surface area (Å²) in [5, 5.41) is 10.00. The lowest BCUT2D eigenvalue weighted by atomic mass is 10.2. The maximum atomic E-state index is 10.0. The van der Waals surface area contributed by atoms with Crippen LogP contribution in [0.3, 0.4) is 0 Å². The molecule has 0 aliphatic rings. The quantitative estimate of drug-likeness (QED) is 0.581. The fourth-order valence-corrected chi connectivity index (χ4v) is 2.03. The number of carbonyl (C=O) groups is 1. The van der Waals surface area contributed by atoms with Crippen LogP contribution in [0.4, 0.5) is 0 Å². The Morgan fingerprint density at radius 2 is 1.17 bits per heavy atom. The Bertz CT molecular complexity index is 640. The molecule has 0 aromatic heterocycles. The molecule has 0 unspecified atom stereocenters. The van der Waals surface area contributed by atoms with Crippen molar-refractivity contribution in [3.05, 3.63) is 102 Å². The average molecular weight is 322 g/mol. The molecule has 0 atom stereocenters. The van der Waals surface area contributed by atoms with E-state index in [1.165, 1.54) is 15.4 Å². The summed E-state index contributed by atoms with van der Waals surface area (Å²) in [6.45, 7) is 0.140. The molecule has 0 saturated carbocycles. The molecule has 2 nitrogen and oxygen atoms in total. The van der Waals surface area contributed by atoms with E-state index in [0.29, 0.717) is 0 Å². The van der Waals surface area contributed by atoms with Crippen LogP contribution < -0.4 is 5.19 Å². The zero-order valence-electron chi connectivity index (χ0n) is 13.3. The minimum absolute atomic E-state index is 0.140. The van der Waals surface area contributed by atoms with Crippen LogP contribution in [0.2, 0.25) is 0 Å². The molecule has 23 heavy (non-hydrogen) atoms. The first-order valence-corrected chi connectivity index (χ1v) is 8.43. The van der Waals surface area contributed by atoms with Crippen LogP contribution in [0.5, 0.6) is 0 Å². The van der Waals surface area contributed by atoms with E-state index < -0.39 is 0 Å². The van der Waals surface area contributed by atoms with E-state index in [1.807, 2.05) is 54.6 Å². The van der Waals surface area contributed by atoms with E-state index in [-0.39, 0.29) is 6.61 Å². The zero-order valence-corrected chi connectivity index (χ0v) is 15.3. The van der Waals surface area contributed by atoms with Crippen molar-refractivity contribution in [3.63, 3.8) is 0 Å². The fourth-order valence-electron chi connectivity index (χ4n) is 1.65. The SMILES string of the molecule is O=Cc1ccccc1.OCc1ccccc1.[SiH3]c1ccccc1. The van der Waals surface area contributed by atoms with Gasteiger partial charge >= 0.3 is 0 Å². The molecule has 3 heteroatoms. The Balaban J connectivity index is 0.000000173. The first kappa shape index (κ1) is 18.6. The predicted octanol–water partition coefficient (Wildman–Crippen LogP) is 2.36. The van der Waals surface area contributed by atoms with Crippen molar-refractivity contribution >= 4 is 21.7 Å². The third-order valence-electron chi connectivity index (χ3n) is 2.90. The molecule has 0 saturated heterocycles. The van der Waals surface area contributed by atoms with E-state index in [4.69, 9.17) is 5.11 Å². The standard InChI is InChI=1S/C7H8O.C7H6O.C6H8Si/c2*8-6-7-4-2-1-3-5-7;7-6-4-2-1-3-5-6/h1-5,8H,6H2;1-6H;1-5H,7H3. The van der Waals surface area contributed by atoms with Gasteiger partial charge in [0.05, 0.1) is 6.61 Å².